The molecule has 0 N–H and O–H groups in total. The van der Waals surface area contributed by atoms with Crippen LogP contribution in [0.25, 0.3) is 16.3 Å². The van der Waals surface area contributed by atoms with Gasteiger partial charge in [-0.3, -0.25) is 14.9 Å². The summed E-state index contributed by atoms with van der Waals surface area (Å²) >= 11 is 1.59. The molecule has 1 saturated heterocycles. The molecule has 0 unspecified atom stereocenters. The van der Waals surface area contributed by atoms with Gasteiger partial charge in [0, 0.05) is 44.0 Å². The summed E-state index contributed by atoms with van der Waals surface area (Å²) in [6.07, 6.45) is 0. The first kappa shape index (κ1) is 21.8. The van der Waals surface area contributed by atoms with Crippen molar-refractivity contribution >= 4 is 28.6 Å². The molecule has 1 amide bonds. The number of aryl methyl sites for hydroxylation is 1. The zero-order valence-electron chi connectivity index (χ0n) is 18.6. The number of amides is 1. The van der Waals surface area contributed by atoms with Crippen molar-refractivity contribution < 1.29 is 9.72 Å². The van der Waals surface area contributed by atoms with Crippen LogP contribution in [0.15, 0.2) is 72.1 Å². The molecule has 1 aliphatic rings. The van der Waals surface area contributed by atoms with Crippen LogP contribution in [0, 0.1) is 17.0 Å². The average molecular weight is 474 g/mol. The third-order valence-corrected chi connectivity index (χ3v) is 6.83. The second-order valence-corrected chi connectivity index (χ2v) is 9.14. The fraction of sp³-hybridized carbons (Fsp3) is 0.200. The van der Waals surface area contributed by atoms with E-state index in [0.717, 1.165) is 27.5 Å². The number of nitro benzene ring substituents is 1. The van der Waals surface area contributed by atoms with Crippen LogP contribution in [0.1, 0.15) is 16.1 Å². The third-order valence-electron chi connectivity index (χ3n) is 5.94. The van der Waals surface area contributed by atoms with Crippen LogP contribution in [0.2, 0.25) is 0 Å². The Morgan fingerprint density at radius 2 is 1.74 bits per heavy atom. The average Bonchev–Trinajstić information content (AvgIpc) is 3.54. The van der Waals surface area contributed by atoms with E-state index in [9.17, 15) is 14.9 Å². The number of thiophene rings is 1. The second kappa shape index (κ2) is 9.11. The molecule has 5 rings (SSSR count). The first-order valence-corrected chi connectivity index (χ1v) is 11.9. The Morgan fingerprint density at radius 1 is 0.971 bits per heavy atom. The van der Waals surface area contributed by atoms with E-state index in [1.165, 1.54) is 12.1 Å². The van der Waals surface area contributed by atoms with Crippen molar-refractivity contribution in [3.63, 3.8) is 0 Å². The van der Waals surface area contributed by atoms with Crippen molar-refractivity contribution in [2.75, 3.05) is 31.1 Å². The summed E-state index contributed by atoms with van der Waals surface area (Å²) in [5, 5.41) is 17.7. The largest absolute Gasteiger partial charge is 0.368 e. The van der Waals surface area contributed by atoms with Gasteiger partial charge in [-0.15, -0.1) is 11.3 Å². The number of hydrogen-bond donors (Lipinski definition) is 0. The number of benzene rings is 2. The minimum Gasteiger partial charge on any atom is -0.368 e. The van der Waals surface area contributed by atoms with Gasteiger partial charge < -0.3 is 9.80 Å². The summed E-state index contributed by atoms with van der Waals surface area (Å²) in [5.41, 5.74) is 4.27. The highest BCUT2D eigenvalue weighted by molar-refractivity contribution is 7.13. The Balaban J connectivity index is 1.37. The Morgan fingerprint density at radius 3 is 2.38 bits per heavy atom. The monoisotopic (exact) mass is 473 g/mol. The van der Waals surface area contributed by atoms with E-state index >= 15 is 0 Å². The molecule has 0 aliphatic carbocycles. The van der Waals surface area contributed by atoms with Crippen LogP contribution in [-0.2, 0) is 0 Å². The van der Waals surface area contributed by atoms with Gasteiger partial charge in [-0.05, 0) is 54.3 Å². The first-order chi connectivity index (χ1) is 16.5. The van der Waals surface area contributed by atoms with Crippen molar-refractivity contribution in [3.05, 3.63) is 93.5 Å². The number of carbonyl (C=O) groups excluding carboxylic acids is 1. The van der Waals surface area contributed by atoms with Crippen LogP contribution in [0.4, 0.5) is 11.4 Å². The molecule has 0 radical (unpaired) electrons. The number of nitrogens with zero attached hydrogens (tertiary/aromatic N) is 5. The molecule has 34 heavy (non-hydrogen) atoms. The molecule has 9 heteroatoms. The predicted octanol–water partition coefficient (Wildman–Crippen LogP) is 4.78. The lowest BCUT2D eigenvalue weighted by Crippen LogP contribution is -2.49. The first-order valence-electron chi connectivity index (χ1n) is 11.0. The SMILES string of the molecule is Cc1cccc(-n2nc(-c3cccs3)cc2C(=O)N2CCN(c3ccc([N+](=O)[O-])cc3)CC2)c1. The number of hydrogen-bond acceptors (Lipinski definition) is 6. The lowest BCUT2D eigenvalue weighted by Gasteiger charge is -2.36. The predicted molar refractivity (Wildman–Crippen MR) is 133 cm³/mol. The van der Waals surface area contributed by atoms with Gasteiger partial charge in [-0.25, -0.2) is 4.68 Å². The van der Waals surface area contributed by atoms with Gasteiger partial charge in [0.1, 0.15) is 11.4 Å². The van der Waals surface area contributed by atoms with Crippen LogP contribution in [0.3, 0.4) is 0 Å². The molecule has 172 valence electrons. The van der Waals surface area contributed by atoms with E-state index in [4.69, 9.17) is 5.10 Å². The van der Waals surface area contributed by atoms with Crippen molar-refractivity contribution in [1.29, 1.82) is 0 Å². The maximum Gasteiger partial charge on any atom is 0.272 e. The summed E-state index contributed by atoms with van der Waals surface area (Å²) in [6.45, 7) is 4.44. The van der Waals surface area contributed by atoms with Crippen molar-refractivity contribution in [2.45, 2.75) is 6.92 Å². The maximum atomic E-state index is 13.6. The lowest BCUT2D eigenvalue weighted by atomic mass is 10.2. The van der Waals surface area contributed by atoms with E-state index in [1.807, 2.05) is 59.7 Å². The highest BCUT2D eigenvalue weighted by Crippen LogP contribution is 2.27. The van der Waals surface area contributed by atoms with E-state index < -0.39 is 4.92 Å². The number of non-ortho nitro benzene ring substituents is 1. The topological polar surface area (TPSA) is 84.5 Å². The van der Waals surface area contributed by atoms with E-state index in [0.29, 0.717) is 31.9 Å². The summed E-state index contributed by atoms with van der Waals surface area (Å²) in [4.78, 5) is 29.1. The van der Waals surface area contributed by atoms with Gasteiger partial charge in [-0.2, -0.15) is 5.10 Å². The molecule has 0 saturated carbocycles. The molecule has 0 atom stereocenters. The van der Waals surface area contributed by atoms with Gasteiger partial charge in [0.15, 0.2) is 0 Å². The summed E-state index contributed by atoms with van der Waals surface area (Å²) in [5.74, 6) is -0.0554. The Hall–Kier alpha value is -3.98. The Labute approximate surface area is 200 Å². The minimum absolute atomic E-state index is 0.0554. The highest BCUT2D eigenvalue weighted by Gasteiger charge is 2.27. The maximum absolute atomic E-state index is 13.6. The molecule has 2 aromatic carbocycles. The van der Waals surface area contributed by atoms with E-state index in [-0.39, 0.29) is 11.6 Å². The second-order valence-electron chi connectivity index (χ2n) is 8.20. The number of aromatic nitrogens is 2. The molecular weight excluding hydrogens is 450 g/mol. The quantitative estimate of drug-likeness (QED) is 0.308. The molecule has 3 heterocycles. The van der Waals surface area contributed by atoms with Gasteiger partial charge in [0.25, 0.3) is 11.6 Å². The van der Waals surface area contributed by atoms with Gasteiger partial charge in [0.2, 0.25) is 0 Å². The van der Waals surface area contributed by atoms with E-state index in [2.05, 4.69) is 4.90 Å². The highest BCUT2D eigenvalue weighted by atomic mass is 32.1. The van der Waals surface area contributed by atoms with Crippen LogP contribution in [0.5, 0.6) is 0 Å². The molecule has 4 aromatic rings. The molecule has 2 aromatic heterocycles. The van der Waals surface area contributed by atoms with Crippen LogP contribution >= 0.6 is 11.3 Å². The standard InChI is InChI=1S/C25H23N5O3S/c1-18-4-2-5-21(16-18)29-23(17-22(26-29)24-6-3-15-34-24)25(31)28-13-11-27(12-14-28)19-7-9-20(10-8-19)30(32)33/h2-10,15-17H,11-14H2,1H3. The number of carbonyl (C=O) groups is 1. The van der Waals surface area contributed by atoms with Crippen LogP contribution in [-0.4, -0.2) is 51.7 Å². The third kappa shape index (κ3) is 4.29. The molecule has 1 aliphatic heterocycles. The normalized spacial score (nSPS) is 13.8. The molecule has 0 spiro atoms. The van der Waals surface area contributed by atoms with Crippen molar-refractivity contribution in [1.82, 2.24) is 14.7 Å². The molecule has 1 fully saturated rings. The molecule has 0 bridgehead atoms. The van der Waals surface area contributed by atoms with Gasteiger partial charge in [-0.1, -0.05) is 18.2 Å². The minimum atomic E-state index is -0.401. The number of nitro groups is 1. The summed E-state index contributed by atoms with van der Waals surface area (Å²) in [7, 11) is 0. The van der Waals surface area contributed by atoms with Crippen molar-refractivity contribution in [2.24, 2.45) is 0 Å². The van der Waals surface area contributed by atoms with Gasteiger partial charge >= 0.3 is 0 Å². The smallest absolute Gasteiger partial charge is 0.272 e. The zero-order chi connectivity index (χ0) is 23.7. The Kier molecular flexibility index (Phi) is 5.85. The van der Waals surface area contributed by atoms with Gasteiger partial charge in [0.05, 0.1) is 15.5 Å². The Bertz CT molecular complexity index is 1320. The fourth-order valence-electron chi connectivity index (χ4n) is 4.15. The van der Waals surface area contributed by atoms with E-state index in [1.54, 1.807) is 28.2 Å². The number of rotatable bonds is 5. The van der Waals surface area contributed by atoms with Crippen LogP contribution < -0.4 is 4.90 Å². The zero-order valence-corrected chi connectivity index (χ0v) is 19.4. The number of piperazine rings is 1. The summed E-state index contributed by atoms with van der Waals surface area (Å²) in [6, 6.07) is 20.4. The number of anilines is 1. The lowest BCUT2D eigenvalue weighted by molar-refractivity contribution is -0.384. The molecular formula is C25H23N5O3S. The molecule has 8 nitrogen and oxygen atoms in total. The summed E-state index contributed by atoms with van der Waals surface area (Å²) < 4.78 is 1.74. The van der Waals surface area contributed by atoms with Crippen molar-refractivity contribution in [3.8, 4) is 16.3 Å². The fourth-order valence-corrected chi connectivity index (χ4v) is 4.83.